The van der Waals surface area contributed by atoms with Crippen molar-refractivity contribution >= 4 is 5.97 Å². The number of hydrogen-bond donors (Lipinski definition) is 3. The predicted octanol–water partition coefficient (Wildman–Crippen LogP) is 2.35. The lowest BCUT2D eigenvalue weighted by Crippen LogP contribution is -2.33. The van der Waals surface area contributed by atoms with Gasteiger partial charge in [-0.15, -0.1) is 0 Å². The third-order valence-corrected chi connectivity index (χ3v) is 4.90. The molecule has 5 atom stereocenters. The molecule has 6 nitrogen and oxygen atoms in total. The van der Waals surface area contributed by atoms with Crippen molar-refractivity contribution in [3.8, 4) is 0 Å². The summed E-state index contributed by atoms with van der Waals surface area (Å²) in [6.45, 7) is 3.52. The SMILES string of the molecule is C=C1CCC[C@@H]2CC=C[C@@H](C/C=C\C(=O)O[C@H]([C@H](O)CO)C/C=C/C(O)C1)O2. The van der Waals surface area contributed by atoms with Crippen LogP contribution in [0.1, 0.15) is 44.9 Å². The quantitative estimate of drug-likeness (QED) is 0.493. The number of aliphatic hydroxyl groups is 3. The first-order valence-corrected chi connectivity index (χ1v) is 9.97. The van der Waals surface area contributed by atoms with Gasteiger partial charge < -0.3 is 24.8 Å². The molecule has 2 bridgehead atoms. The molecule has 0 aromatic carbocycles. The van der Waals surface area contributed by atoms with Crippen molar-refractivity contribution < 1.29 is 29.6 Å². The minimum atomic E-state index is -1.19. The minimum absolute atomic E-state index is 0.0755. The molecule has 2 aliphatic rings. The molecule has 28 heavy (non-hydrogen) atoms. The lowest BCUT2D eigenvalue weighted by atomic mass is 9.99. The fourth-order valence-electron chi connectivity index (χ4n) is 3.35. The topological polar surface area (TPSA) is 96.2 Å². The number of rotatable bonds is 2. The number of hydrogen-bond acceptors (Lipinski definition) is 6. The summed E-state index contributed by atoms with van der Waals surface area (Å²) in [6, 6.07) is 0. The molecular formula is C22H32O6. The average molecular weight is 392 g/mol. The van der Waals surface area contributed by atoms with Crippen LogP contribution in [-0.4, -0.2) is 58.4 Å². The van der Waals surface area contributed by atoms with Crippen LogP contribution in [0.25, 0.3) is 0 Å². The standard InChI is InChI=1S/C22H32O6/c1-16-6-2-8-18-9-4-10-19(27-18)11-5-13-22(26)28-21(20(25)15-23)12-3-7-17(24)14-16/h3-5,7,10,13,17-21,23-25H,1-2,6,8-9,11-12,14-15H2/b7-3+,13-5-/t17?,18-,19+,20-,21+/m1/s1. The highest BCUT2D eigenvalue weighted by Crippen LogP contribution is 2.22. The highest BCUT2D eigenvalue weighted by atomic mass is 16.6. The van der Waals surface area contributed by atoms with Gasteiger partial charge in [-0.3, -0.25) is 0 Å². The maximum atomic E-state index is 12.0. The fourth-order valence-corrected chi connectivity index (χ4v) is 3.35. The van der Waals surface area contributed by atoms with Crippen LogP contribution in [-0.2, 0) is 14.3 Å². The van der Waals surface area contributed by atoms with Crippen LogP contribution in [0, 0.1) is 0 Å². The number of fused-ring (bicyclic) bond motifs is 2. The van der Waals surface area contributed by atoms with Crippen LogP contribution in [0.4, 0.5) is 0 Å². The zero-order valence-corrected chi connectivity index (χ0v) is 16.3. The molecule has 0 aromatic rings. The molecule has 3 N–H and O–H groups in total. The van der Waals surface area contributed by atoms with E-state index in [0.717, 1.165) is 31.3 Å². The van der Waals surface area contributed by atoms with Crippen LogP contribution >= 0.6 is 0 Å². The Morgan fingerprint density at radius 3 is 2.75 bits per heavy atom. The highest BCUT2D eigenvalue weighted by Gasteiger charge is 2.21. The molecule has 2 heterocycles. The second-order valence-electron chi connectivity index (χ2n) is 7.40. The van der Waals surface area contributed by atoms with Crippen LogP contribution < -0.4 is 0 Å². The first kappa shape index (κ1) is 22.6. The van der Waals surface area contributed by atoms with E-state index >= 15 is 0 Å². The van der Waals surface area contributed by atoms with E-state index < -0.39 is 30.9 Å². The minimum Gasteiger partial charge on any atom is -0.456 e. The predicted molar refractivity (Wildman–Crippen MR) is 107 cm³/mol. The zero-order valence-electron chi connectivity index (χ0n) is 16.3. The normalized spacial score (nSPS) is 34.0. The summed E-state index contributed by atoms with van der Waals surface area (Å²) >= 11 is 0. The maximum Gasteiger partial charge on any atom is 0.330 e. The van der Waals surface area contributed by atoms with Crippen LogP contribution in [0.2, 0.25) is 0 Å². The monoisotopic (exact) mass is 392 g/mol. The van der Waals surface area contributed by atoms with Crippen molar-refractivity contribution in [1.82, 2.24) is 0 Å². The molecule has 2 aliphatic heterocycles. The summed E-state index contributed by atoms with van der Waals surface area (Å²) < 4.78 is 11.3. The van der Waals surface area contributed by atoms with E-state index in [2.05, 4.69) is 12.7 Å². The molecule has 156 valence electrons. The number of carbonyl (C=O) groups excluding carboxylic acids is 1. The second kappa shape index (κ2) is 12.0. The van der Waals surface area contributed by atoms with Gasteiger partial charge in [0.2, 0.25) is 0 Å². The Balaban J connectivity index is 2.07. The van der Waals surface area contributed by atoms with E-state index in [1.54, 1.807) is 18.2 Å². The van der Waals surface area contributed by atoms with Crippen molar-refractivity contribution in [2.75, 3.05) is 6.61 Å². The molecule has 0 amide bonds. The number of esters is 1. The Bertz CT molecular complexity index is 594. The summed E-state index contributed by atoms with van der Waals surface area (Å²) in [5.41, 5.74) is 0.975. The first-order chi connectivity index (χ1) is 13.5. The molecule has 0 aromatic heterocycles. The van der Waals surface area contributed by atoms with Gasteiger partial charge in [-0.05, 0) is 38.5 Å². The number of carbonyl (C=O) groups is 1. The van der Waals surface area contributed by atoms with E-state index in [0.29, 0.717) is 12.8 Å². The van der Waals surface area contributed by atoms with Crippen molar-refractivity contribution in [2.45, 2.75) is 75.5 Å². The maximum absolute atomic E-state index is 12.0. The summed E-state index contributed by atoms with van der Waals surface area (Å²) in [4.78, 5) is 12.0. The Labute approximate surface area is 166 Å². The van der Waals surface area contributed by atoms with Crippen LogP contribution in [0.15, 0.2) is 48.6 Å². The molecule has 0 aliphatic carbocycles. The molecule has 0 radical (unpaired) electrons. The van der Waals surface area contributed by atoms with E-state index in [4.69, 9.17) is 9.47 Å². The summed E-state index contributed by atoms with van der Waals surface area (Å²) in [6.07, 6.45) is 12.5. The van der Waals surface area contributed by atoms with Crippen molar-refractivity contribution in [3.05, 3.63) is 48.6 Å². The van der Waals surface area contributed by atoms with Gasteiger partial charge in [-0.2, -0.15) is 0 Å². The van der Waals surface area contributed by atoms with Gasteiger partial charge in [0.15, 0.2) is 0 Å². The van der Waals surface area contributed by atoms with Gasteiger partial charge in [0.1, 0.15) is 12.2 Å². The van der Waals surface area contributed by atoms with E-state index in [1.165, 1.54) is 6.08 Å². The van der Waals surface area contributed by atoms with Gasteiger partial charge in [0, 0.05) is 12.5 Å². The Hall–Kier alpha value is -1.73. The van der Waals surface area contributed by atoms with Gasteiger partial charge in [-0.1, -0.05) is 42.5 Å². The van der Waals surface area contributed by atoms with Crippen molar-refractivity contribution in [3.63, 3.8) is 0 Å². The smallest absolute Gasteiger partial charge is 0.330 e. The molecule has 1 unspecified atom stereocenters. The van der Waals surface area contributed by atoms with E-state index in [-0.39, 0.29) is 18.6 Å². The first-order valence-electron chi connectivity index (χ1n) is 9.97. The van der Waals surface area contributed by atoms with Gasteiger partial charge >= 0.3 is 5.97 Å². The zero-order chi connectivity index (χ0) is 20.4. The average Bonchev–Trinajstić information content (AvgIpc) is 2.66. The Morgan fingerprint density at radius 1 is 1.18 bits per heavy atom. The molecule has 2 rings (SSSR count). The molecule has 0 saturated carbocycles. The number of cyclic esters (lactones) is 1. The molecule has 0 saturated heterocycles. The second-order valence-corrected chi connectivity index (χ2v) is 7.40. The van der Waals surface area contributed by atoms with Crippen LogP contribution in [0.3, 0.4) is 0 Å². The van der Waals surface area contributed by atoms with Gasteiger partial charge in [-0.25, -0.2) is 4.79 Å². The third-order valence-electron chi connectivity index (χ3n) is 4.90. The summed E-state index contributed by atoms with van der Waals surface area (Å²) in [7, 11) is 0. The highest BCUT2D eigenvalue weighted by molar-refractivity contribution is 5.82. The lowest BCUT2D eigenvalue weighted by Gasteiger charge is -2.25. The van der Waals surface area contributed by atoms with E-state index in [9.17, 15) is 20.1 Å². The Kier molecular flexibility index (Phi) is 9.64. The van der Waals surface area contributed by atoms with Crippen molar-refractivity contribution in [2.24, 2.45) is 0 Å². The summed E-state index contributed by atoms with van der Waals surface area (Å²) in [5.74, 6) is -0.586. The molecular weight excluding hydrogens is 360 g/mol. The van der Waals surface area contributed by atoms with Gasteiger partial charge in [0.05, 0.1) is 24.9 Å². The molecule has 0 spiro atoms. The van der Waals surface area contributed by atoms with Crippen molar-refractivity contribution in [1.29, 1.82) is 0 Å². The third kappa shape index (κ3) is 8.10. The number of aliphatic hydroxyl groups excluding tert-OH is 3. The summed E-state index contributed by atoms with van der Waals surface area (Å²) in [5, 5.41) is 29.2. The fraction of sp³-hybridized carbons (Fsp3) is 0.591. The largest absolute Gasteiger partial charge is 0.456 e. The van der Waals surface area contributed by atoms with Gasteiger partial charge in [0.25, 0.3) is 0 Å². The number of ether oxygens (including phenoxy) is 2. The van der Waals surface area contributed by atoms with E-state index in [1.807, 2.05) is 6.08 Å². The molecule has 0 fully saturated rings. The van der Waals surface area contributed by atoms with Crippen LogP contribution in [0.5, 0.6) is 0 Å². The Morgan fingerprint density at radius 2 is 1.96 bits per heavy atom. The lowest BCUT2D eigenvalue weighted by molar-refractivity contribution is -0.150. The molecule has 6 heteroatoms.